The maximum absolute atomic E-state index is 11.7. The minimum Gasteiger partial charge on any atom is -0.478 e. The molecule has 1 aliphatic rings. The van der Waals surface area contributed by atoms with Crippen molar-refractivity contribution in [1.29, 1.82) is 0 Å². The van der Waals surface area contributed by atoms with Gasteiger partial charge in [0.25, 0.3) is 11.1 Å². The van der Waals surface area contributed by atoms with Crippen LogP contribution in [0.25, 0.3) is 17.0 Å². The second-order valence-corrected chi connectivity index (χ2v) is 6.63. The first kappa shape index (κ1) is 16.9. The van der Waals surface area contributed by atoms with Crippen LogP contribution < -0.4 is 10.6 Å². The van der Waals surface area contributed by atoms with Crippen molar-refractivity contribution in [2.45, 2.75) is 0 Å². The number of aromatic nitrogens is 1. The molecule has 1 fully saturated rings. The van der Waals surface area contributed by atoms with E-state index in [0.29, 0.717) is 28.1 Å². The zero-order valence-corrected chi connectivity index (χ0v) is 14.4. The Hall–Kier alpha value is -3.59. The van der Waals surface area contributed by atoms with Crippen LogP contribution in [0.5, 0.6) is 0 Å². The fraction of sp³-hybridized carbons (Fsp3) is 0. The van der Waals surface area contributed by atoms with E-state index in [4.69, 9.17) is 9.52 Å². The number of pyridine rings is 1. The molecule has 0 aliphatic carbocycles. The van der Waals surface area contributed by atoms with Gasteiger partial charge in [-0.3, -0.25) is 19.9 Å². The Morgan fingerprint density at radius 3 is 2.67 bits per heavy atom. The van der Waals surface area contributed by atoms with E-state index in [2.05, 4.69) is 15.6 Å². The zero-order chi connectivity index (χ0) is 19.0. The third-order valence-corrected chi connectivity index (χ3v) is 4.58. The number of carboxylic acid groups (broad SMARTS) is 1. The topological polar surface area (TPSA) is 122 Å². The monoisotopic (exact) mass is 381 g/mol. The number of fused-ring (bicyclic) bond motifs is 1. The molecule has 2 aromatic heterocycles. The van der Waals surface area contributed by atoms with E-state index in [-0.39, 0.29) is 10.5 Å². The number of carbonyl (C=O) groups excluding carboxylic acids is 2. The van der Waals surface area contributed by atoms with Crippen LogP contribution in [-0.4, -0.2) is 27.2 Å². The minimum atomic E-state index is -0.999. The van der Waals surface area contributed by atoms with Gasteiger partial charge in [-0.15, -0.1) is 0 Å². The molecule has 0 radical (unpaired) electrons. The predicted molar refractivity (Wildman–Crippen MR) is 99.8 cm³/mol. The number of rotatable bonds is 4. The van der Waals surface area contributed by atoms with Gasteiger partial charge in [0.1, 0.15) is 11.4 Å². The zero-order valence-electron chi connectivity index (χ0n) is 13.6. The van der Waals surface area contributed by atoms with Crippen molar-refractivity contribution in [3.05, 3.63) is 59.0 Å². The Balaban J connectivity index is 1.65. The Labute approximate surface area is 156 Å². The SMILES string of the molecule is O=C1NC(=O)/C(=C\c2cc3cncc(Nc4ccc(C(=O)O)cc4)c3o2)S1. The van der Waals surface area contributed by atoms with Crippen molar-refractivity contribution in [2.75, 3.05) is 5.32 Å². The number of aromatic carboxylic acids is 1. The summed E-state index contributed by atoms with van der Waals surface area (Å²) in [4.78, 5) is 38.2. The number of benzene rings is 1. The molecule has 2 amide bonds. The molecule has 134 valence electrons. The lowest BCUT2D eigenvalue weighted by molar-refractivity contribution is -0.115. The summed E-state index contributed by atoms with van der Waals surface area (Å²) in [6.45, 7) is 0. The number of hydrogen-bond donors (Lipinski definition) is 3. The van der Waals surface area contributed by atoms with Crippen molar-refractivity contribution in [2.24, 2.45) is 0 Å². The number of nitrogens with one attached hydrogen (secondary N) is 2. The normalized spacial score (nSPS) is 15.3. The number of anilines is 2. The van der Waals surface area contributed by atoms with Crippen LogP contribution in [-0.2, 0) is 4.79 Å². The fourth-order valence-corrected chi connectivity index (χ4v) is 3.21. The number of furan rings is 1. The maximum atomic E-state index is 11.7. The van der Waals surface area contributed by atoms with E-state index < -0.39 is 17.1 Å². The molecule has 4 rings (SSSR count). The van der Waals surface area contributed by atoms with Crippen LogP contribution in [0.2, 0.25) is 0 Å². The third-order valence-electron chi connectivity index (χ3n) is 3.77. The number of carbonyl (C=O) groups is 3. The molecule has 3 aromatic rings. The smallest absolute Gasteiger partial charge is 0.335 e. The van der Waals surface area contributed by atoms with Crippen LogP contribution in [0.4, 0.5) is 16.2 Å². The lowest BCUT2D eigenvalue weighted by atomic mass is 10.2. The predicted octanol–water partition coefficient (Wildman–Crippen LogP) is 3.59. The van der Waals surface area contributed by atoms with E-state index in [1.54, 1.807) is 30.6 Å². The highest BCUT2D eigenvalue weighted by molar-refractivity contribution is 8.18. The van der Waals surface area contributed by atoms with Crippen LogP contribution in [0.1, 0.15) is 16.1 Å². The summed E-state index contributed by atoms with van der Waals surface area (Å²) in [6, 6.07) is 7.97. The third kappa shape index (κ3) is 3.40. The van der Waals surface area contributed by atoms with Crippen LogP contribution >= 0.6 is 11.8 Å². The molecule has 3 heterocycles. The van der Waals surface area contributed by atoms with Crippen molar-refractivity contribution in [3.63, 3.8) is 0 Å². The lowest BCUT2D eigenvalue weighted by Gasteiger charge is -2.06. The van der Waals surface area contributed by atoms with E-state index in [1.807, 2.05) is 0 Å². The van der Waals surface area contributed by atoms with Crippen molar-refractivity contribution >= 4 is 57.3 Å². The van der Waals surface area contributed by atoms with E-state index in [9.17, 15) is 14.4 Å². The van der Waals surface area contributed by atoms with Crippen LogP contribution in [0, 0.1) is 0 Å². The van der Waals surface area contributed by atoms with Gasteiger partial charge >= 0.3 is 5.97 Å². The molecule has 0 spiro atoms. The molecular formula is C18H11N3O5S. The van der Waals surface area contributed by atoms with Gasteiger partial charge in [-0.25, -0.2) is 4.79 Å². The number of nitrogens with zero attached hydrogens (tertiary/aromatic N) is 1. The quantitative estimate of drug-likeness (QED) is 0.586. The van der Waals surface area contributed by atoms with Gasteiger partial charge in [0, 0.05) is 23.3 Å². The van der Waals surface area contributed by atoms with Gasteiger partial charge in [0.15, 0.2) is 5.58 Å². The number of thioether (sulfide) groups is 1. The molecule has 9 heteroatoms. The van der Waals surface area contributed by atoms with Crippen LogP contribution in [0.3, 0.4) is 0 Å². The summed E-state index contributed by atoms with van der Waals surface area (Å²) in [6.07, 6.45) is 4.69. The number of carboxylic acids is 1. The molecular weight excluding hydrogens is 370 g/mol. The second-order valence-electron chi connectivity index (χ2n) is 5.61. The summed E-state index contributed by atoms with van der Waals surface area (Å²) in [5, 5.41) is 14.6. The summed E-state index contributed by atoms with van der Waals surface area (Å²) in [5.41, 5.74) is 1.96. The molecule has 0 bridgehead atoms. The molecule has 8 nitrogen and oxygen atoms in total. The second kappa shape index (κ2) is 6.61. The average Bonchev–Trinajstić information content (AvgIpc) is 3.18. The molecule has 0 unspecified atom stereocenters. The Bertz CT molecular complexity index is 1120. The lowest BCUT2D eigenvalue weighted by Crippen LogP contribution is -2.17. The Morgan fingerprint density at radius 1 is 1.22 bits per heavy atom. The number of amides is 2. The molecule has 1 aliphatic heterocycles. The molecule has 27 heavy (non-hydrogen) atoms. The first-order valence-corrected chi connectivity index (χ1v) is 8.54. The van der Waals surface area contributed by atoms with Gasteiger partial charge in [-0.05, 0) is 42.1 Å². The molecule has 1 saturated heterocycles. The van der Waals surface area contributed by atoms with Gasteiger partial charge in [0.2, 0.25) is 0 Å². The van der Waals surface area contributed by atoms with E-state index >= 15 is 0 Å². The number of imide groups is 1. The van der Waals surface area contributed by atoms with Crippen LogP contribution in [0.15, 0.2) is 52.0 Å². The largest absolute Gasteiger partial charge is 0.478 e. The maximum Gasteiger partial charge on any atom is 0.335 e. The van der Waals surface area contributed by atoms with E-state index in [0.717, 1.165) is 11.8 Å². The van der Waals surface area contributed by atoms with Gasteiger partial charge in [-0.1, -0.05) is 0 Å². The number of hydrogen-bond acceptors (Lipinski definition) is 7. The summed E-state index contributed by atoms with van der Waals surface area (Å²) >= 11 is 0.811. The minimum absolute atomic E-state index is 0.186. The van der Waals surface area contributed by atoms with Crippen molar-refractivity contribution in [1.82, 2.24) is 10.3 Å². The highest BCUT2D eigenvalue weighted by Crippen LogP contribution is 2.31. The highest BCUT2D eigenvalue weighted by Gasteiger charge is 2.25. The highest BCUT2D eigenvalue weighted by atomic mass is 32.2. The Morgan fingerprint density at radius 2 is 2.00 bits per heavy atom. The first-order chi connectivity index (χ1) is 13.0. The molecule has 3 N–H and O–H groups in total. The summed E-state index contributed by atoms with van der Waals surface area (Å²) in [7, 11) is 0. The van der Waals surface area contributed by atoms with Crippen molar-refractivity contribution in [3.8, 4) is 0 Å². The molecule has 0 atom stereocenters. The Kier molecular flexibility index (Phi) is 4.13. The molecule has 1 aromatic carbocycles. The summed E-state index contributed by atoms with van der Waals surface area (Å²) in [5.74, 6) is -1.04. The van der Waals surface area contributed by atoms with Gasteiger partial charge < -0.3 is 14.8 Å². The van der Waals surface area contributed by atoms with Crippen molar-refractivity contribution < 1.29 is 23.9 Å². The average molecular weight is 381 g/mol. The van der Waals surface area contributed by atoms with E-state index in [1.165, 1.54) is 18.2 Å². The molecule has 0 saturated carbocycles. The standard InChI is InChI=1S/C18H11N3O5S/c22-16-14(27-18(25)21-16)6-12-5-10-7-19-8-13(15(10)26-12)20-11-3-1-9(2-4-11)17(23)24/h1-8,20H,(H,23,24)(H,21,22,25)/b14-6+. The fourth-order valence-electron chi connectivity index (χ4n) is 2.54. The van der Waals surface area contributed by atoms with Gasteiger partial charge in [-0.2, -0.15) is 0 Å². The van der Waals surface area contributed by atoms with Gasteiger partial charge in [0.05, 0.1) is 16.7 Å². The first-order valence-electron chi connectivity index (χ1n) is 7.72. The summed E-state index contributed by atoms with van der Waals surface area (Å²) < 4.78 is 5.80.